The summed E-state index contributed by atoms with van der Waals surface area (Å²) in [6.07, 6.45) is 4.68. The average molecular weight is 324 g/mol. The molecule has 0 unspecified atom stereocenters. The van der Waals surface area contributed by atoms with Crippen LogP contribution in [0.4, 0.5) is 16.2 Å². The fraction of sp³-hybridized carbons (Fsp3) is 0.381. The average Bonchev–Trinajstić information content (AvgIpc) is 2.64. The van der Waals surface area contributed by atoms with Gasteiger partial charge in [-0.1, -0.05) is 69.5 Å². The zero-order chi connectivity index (χ0) is 17.2. The van der Waals surface area contributed by atoms with Gasteiger partial charge in [-0.25, -0.2) is 4.79 Å². The topological polar surface area (TPSA) is 32.3 Å². The number of nitrogens with zero attached hydrogens (tertiary/aromatic N) is 1. The van der Waals surface area contributed by atoms with E-state index < -0.39 is 0 Å². The zero-order valence-electron chi connectivity index (χ0n) is 14.7. The van der Waals surface area contributed by atoms with Gasteiger partial charge < -0.3 is 5.32 Å². The highest BCUT2D eigenvalue weighted by Crippen LogP contribution is 2.25. The quantitative estimate of drug-likeness (QED) is 0.658. The Hall–Kier alpha value is -2.29. The SMILES string of the molecule is CCCC[C@@H](CC)CNC(=O)N(c1ccccc1)c1ccccc1. The maximum absolute atomic E-state index is 12.9. The van der Waals surface area contributed by atoms with E-state index in [9.17, 15) is 4.79 Å². The van der Waals surface area contributed by atoms with Gasteiger partial charge in [-0.15, -0.1) is 0 Å². The number of benzene rings is 2. The Labute approximate surface area is 145 Å². The molecule has 0 fully saturated rings. The zero-order valence-corrected chi connectivity index (χ0v) is 14.7. The first kappa shape index (κ1) is 18.1. The molecule has 2 aromatic rings. The van der Waals surface area contributed by atoms with Crippen molar-refractivity contribution in [1.29, 1.82) is 0 Å². The van der Waals surface area contributed by atoms with Gasteiger partial charge in [0.1, 0.15) is 0 Å². The number of carbonyl (C=O) groups is 1. The van der Waals surface area contributed by atoms with Crippen LogP contribution in [-0.2, 0) is 0 Å². The number of hydrogen-bond acceptors (Lipinski definition) is 1. The molecule has 0 aliphatic carbocycles. The predicted octanol–water partition coefficient (Wildman–Crippen LogP) is 5.75. The summed E-state index contributed by atoms with van der Waals surface area (Å²) in [4.78, 5) is 14.6. The lowest BCUT2D eigenvalue weighted by Crippen LogP contribution is -2.39. The highest BCUT2D eigenvalue weighted by Gasteiger charge is 2.18. The van der Waals surface area contributed by atoms with Gasteiger partial charge in [-0.2, -0.15) is 0 Å². The third-order valence-corrected chi connectivity index (χ3v) is 4.32. The van der Waals surface area contributed by atoms with Gasteiger partial charge in [-0.3, -0.25) is 4.90 Å². The summed E-state index contributed by atoms with van der Waals surface area (Å²) < 4.78 is 0. The van der Waals surface area contributed by atoms with E-state index in [1.165, 1.54) is 19.3 Å². The summed E-state index contributed by atoms with van der Waals surface area (Å²) in [5.74, 6) is 0.544. The fourth-order valence-electron chi connectivity index (χ4n) is 2.79. The van der Waals surface area contributed by atoms with E-state index in [1.54, 1.807) is 4.90 Å². The Morgan fingerprint density at radius 2 is 1.50 bits per heavy atom. The van der Waals surface area contributed by atoms with Crippen molar-refractivity contribution in [3.8, 4) is 0 Å². The molecule has 0 spiro atoms. The van der Waals surface area contributed by atoms with Crippen molar-refractivity contribution in [1.82, 2.24) is 5.32 Å². The molecule has 0 aliphatic heterocycles. The Balaban J connectivity index is 2.11. The predicted molar refractivity (Wildman–Crippen MR) is 102 cm³/mol. The number of amides is 2. The Bertz CT molecular complexity index is 558. The molecular weight excluding hydrogens is 296 g/mol. The number of urea groups is 1. The molecule has 0 saturated heterocycles. The van der Waals surface area contributed by atoms with Gasteiger partial charge in [0.25, 0.3) is 0 Å². The first-order valence-electron chi connectivity index (χ1n) is 8.94. The maximum Gasteiger partial charge on any atom is 0.326 e. The molecule has 2 amide bonds. The van der Waals surface area contributed by atoms with Crippen LogP contribution in [0.1, 0.15) is 39.5 Å². The second-order valence-electron chi connectivity index (χ2n) is 6.11. The van der Waals surface area contributed by atoms with Crippen LogP contribution < -0.4 is 10.2 Å². The summed E-state index contributed by atoms with van der Waals surface area (Å²) in [5, 5.41) is 3.13. The molecule has 2 aromatic carbocycles. The Morgan fingerprint density at radius 3 is 1.96 bits per heavy atom. The normalized spacial score (nSPS) is 11.8. The number of carbonyl (C=O) groups excluding carboxylic acids is 1. The minimum absolute atomic E-state index is 0.0673. The second kappa shape index (κ2) is 9.76. The van der Waals surface area contributed by atoms with Crippen molar-refractivity contribution >= 4 is 17.4 Å². The van der Waals surface area contributed by atoms with Crippen LogP contribution in [0.5, 0.6) is 0 Å². The van der Waals surface area contributed by atoms with Gasteiger partial charge >= 0.3 is 6.03 Å². The maximum atomic E-state index is 12.9. The molecule has 0 heterocycles. The van der Waals surface area contributed by atoms with Crippen molar-refractivity contribution in [2.45, 2.75) is 39.5 Å². The van der Waals surface area contributed by atoms with Crippen molar-refractivity contribution in [2.24, 2.45) is 5.92 Å². The summed E-state index contributed by atoms with van der Waals surface area (Å²) in [6, 6.07) is 19.5. The summed E-state index contributed by atoms with van der Waals surface area (Å²) in [6.45, 7) is 5.13. The van der Waals surface area contributed by atoms with Crippen molar-refractivity contribution < 1.29 is 4.79 Å². The van der Waals surface area contributed by atoms with E-state index in [0.29, 0.717) is 5.92 Å². The van der Waals surface area contributed by atoms with Gasteiger partial charge in [-0.05, 0) is 36.6 Å². The molecule has 128 valence electrons. The van der Waals surface area contributed by atoms with Crippen molar-refractivity contribution in [3.63, 3.8) is 0 Å². The lowest BCUT2D eigenvalue weighted by Gasteiger charge is -2.25. The lowest BCUT2D eigenvalue weighted by atomic mass is 9.99. The van der Waals surface area contributed by atoms with Crippen molar-refractivity contribution in [2.75, 3.05) is 11.4 Å². The number of unbranched alkanes of at least 4 members (excludes halogenated alkanes) is 1. The van der Waals surface area contributed by atoms with Crippen LogP contribution in [0, 0.1) is 5.92 Å². The third-order valence-electron chi connectivity index (χ3n) is 4.32. The largest absolute Gasteiger partial charge is 0.337 e. The first-order valence-corrected chi connectivity index (χ1v) is 8.94. The lowest BCUT2D eigenvalue weighted by molar-refractivity contribution is 0.246. The van der Waals surface area contributed by atoms with E-state index >= 15 is 0 Å². The molecule has 0 bridgehead atoms. The number of nitrogens with one attached hydrogen (secondary N) is 1. The monoisotopic (exact) mass is 324 g/mol. The molecule has 3 nitrogen and oxygen atoms in total. The Morgan fingerprint density at radius 1 is 0.958 bits per heavy atom. The molecule has 1 N–H and O–H groups in total. The highest BCUT2D eigenvalue weighted by molar-refractivity contribution is 5.99. The minimum atomic E-state index is -0.0673. The summed E-state index contributed by atoms with van der Waals surface area (Å²) in [7, 11) is 0. The van der Waals surface area contributed by atoms with Crippen LogP contribution in [0.3, 0.4) is 0 Å². The van der Waals surface area contributed by atoms with E-state index in [0.717, 1.165) is 24.3 Å². The third kappa shape index (κ3) is 5.12. The standard InChI is InChI=1S/C21H28N2O/c1-3-5-12-18(4-2)17-22-21(24)23(19-13-8-6-9-14-19)20-15-10-7-11-16-20/h6-11,13-16,18H,3-5,12,17H2,1-2H3,(H,22,24)/t18-/m1/s1. The molecule has 0 aliphatic rings. The van der Waals surface area contributed by atoms with Gasteiger partial charge in [0.2, 0.25) is 0 Å². The van der Waals surface area contributed by atoms with Crippen LogP contribution in [0.2, 0.25) is 0 Å². The number of anilines is 2. The second-order valence-corrected chi connectivity index (χ2v) is 6.11. The van der Waals surface area contributed by atoms with Crippen LogP contribution in [-0.4, -0.2) is 12.6 Å². The van der Waals surface area contributed by atoms with Crippen LogP contribution >= 0.6 is 0 Å². The highest BCUT2D eigenvalue weighted by atomic mass is 16.2. The summed E-state index contributed by atoms with van der Waals surface area (Å²) >= 11 is 0. The molecular formula is C21H28N2O. The molecule has 0 aromatic heterocycles. The first-order chi connectivity index (χ1) is 11.8. The van der Waals surface area contributed by atoms with Gasteiger partial charge in [0, 0.05) is 6.54 Å². The van der Waals surface area contributed by atoms with Gasteiger partial charge in [0.05, 0.1) is 11.4 Å². The molecule has 1 atom stereocenters. The van der Waals surface area contributed by atoms with Gasteiger partial charge in [0.15, 0.2) is 0 Å². The van der Waals surface area contributed by atoms with Crippen LogP contribution in [0.15, 0.2) is 60.7 Å². The fourth-order valence-corrected chi connectivity index (χ4v) is 2.79. The number of hydrogen-bond donors (Lipinski definition) is 1. The van der Waals surface area contributed by atoms with E-state index in [1.807, 2.05) is 60.7 Å². The molecule has 0 saturated carbocycles. The molecule has 2 rings (SSSR count). The molecule has 3 heteroatoms. The molecule has 24 heavy (non-hydrogen) atoms. The smallest absolute Gasteiger partial charge is 0.326 e. The van der Waals surface area contributed by atoms with Crippen LogP contribution in [0.25, 0.3) is 0 Å². The van der Waals surface area contributed by atoms with Crippen molar-refractivity contribution in [3.05, 3.63) is 60.7 Å². The minimum Gasteiger partial charge on any atom is -0.337 e. The van der Waals surface area contributed by atoms with E-state index in [-0.39, 0.29) is 6.03 Å². The number of para-hydroxylation sites is 2. The molecule has 0 radical (unpaired) electrons. The summed E-state index contributed by atoms with van der Waals surface area (Å²) in [5.41, 5.74) is 1.76. The van der Waals surface area contributed by atoms with E-state index in [4.69, 9.17) is 0 Å². The van der Waals surface area contributed by atoms with E-state index in [2.05, 4.69) is 19.2 Å². The Kier molecular flexibility index (Phi) is 7.34. The number of rotatable bonds is 8.